The second kappa shape index (κ2) is 6.74. The highest BCUT2D eigenvalue weighted by molar-refractivity contribution is 7.89. The van der Waals surface area contributed by atoms with Crippen LogP contribution in [0.2, 0.25) is 0 Å². The molecule has 0 radical (unpaired) electrons. The van der Waals surface area contributed by atoms with Gasteiger partial charge in [-0.05, 0) is 43.5 Å². The van der Waals surface area contributed by atoms with E-state index in [1.807, 2.05) is 0 Å². The van der Waals surface area contributed by atoms with E-state index in [-0.39, 0.29) is 29.3 Å². The minimum Gasteiger partial charge on any atom is -0.337 e. The van der Waals surface area contributed by atoms with Gasteiger partial charge in [0.2, 0.25) is 10.0 Å². The summed E-state index contributed by atoms with van der Waals surface area (Å²) in [7, 11) is -3.75. The smallest absolute Gasteiger partial charge is 0.253 e. The molecule has 1 amide bonds. The van der Waals surface area contributed by atoms with Crippen LogP contribution in [0, 0.1) is 6.92 Å². The van der Waals surface area contributed by atoms with Gasteiger partial charge < -0.3 is 10.6 Å². The van der Waals surface area contributed by atoms with Crippen LogP contribution in [-0.2, 0) is 10.0 Å². The first-order valence-corrected chi connectivity index (χ1v) is 8.02. The maximum atomic E-state index is 12.3. The van der Waals surface area contributed by atoms with Crippen LogP contribution in [0.3, 0.4) is 0 Å². The quantitative estimate of drug-likeness (QED) is 0.827. The molecule has 1 aromatic rings. The van der Waals surface area contributed by atoms with Crippen molar-refractivity contribution in [3.63, 3.8) is 0 Å². The molecule has 1 heterocycles. The number of halogens is 1. The molecule has 1 saturated heterocycles. The summed E-state index contributed by atoms with van der Waals surface area (Å²) in [6.45, 7) is 2.84. The molecule has 1 aliphatic heterocycles. The Morgan fingerprint density at radius 2 is 2.05 bits per heavy atom. The first-order chi connectivity index (χ1) is 9.29. The van der Waals surface area contributed by atoms with Gasteiger partial charge in [-0.25, -0.2) is 13.6 Å². The molecule has 0 aliphatic carbocycles. The Labute approximate surface area is 130 Å². The normalized spacial score (nSPS) is 19.0. The third-order valence-electron chi connectivity index (χ3n) is 3.47. The van der Waals surface area contributed by atoms with Gasteiger partial charge in [-0.1, -0.05) is 0 Å². The summed E-state index contributed by atoms with van der Waals surface area (Å²) < 4.78 is 22.7. The Bertz CT molecular complexity index is 634. The van der Waals surface area contributed by atoms with Gasteiger partial charge in [0.15, 0.2) is 0 Å². The van der Waals surface area contributed by atoms with E-state index in [1.165, 1.54) is 12.1 Å². The molecule has 1 fully saturated rings. The number of rotatable bonds is 2. The van der Waals surface area contributed by atoms with Crippen LogP contribution in [0.15, 0.2) is 23.1 Å². The lowest BCUT2D eigenvalue weighted by atomic mass is 10.0. The number of benzene rings is 1. The van der Waals surface area contributed by atoms with Crippen molar-refractivity contribution in [3.8, 4) is 0 Å². The predicted octanol–water partition coefficient (Wildman–Crippen LogP) is 0.628. The highest BCUT2D eigenvalue weighted by atomic mass is 35.5. The lowest BCUT2D eigenvalue weighted by Gasteiger charge is -2.31. The molecule has 4 N–H and O–H groups in total. The number of primary sulfonamides is 1. The summed E-state index contributed by atoms with van der Waals surface area (Å²) in [4.78, 5) is 14.1. The molecule has 0 spiro atoms. The zero-order valence-corrected chi connectivity index (χ0v) is 13.4. The van der Waals surface area contributed by atoms with Gasteiger partial charge in [-0.15, -0.1) is 12.4 Å². The SMILES string of the molecule is Cc1cc(C(=O)N2CCCC(N)C2)ccc1S(N)(=O)=O.Cl. The second-order valence-electron chi connectivity index (χ2n) is 5.18. The average molecular weight is 334 g/mol. The summed E-state index contributed by atoms with van der Waals surface area (Å²) in [6, 6.07) is 4.44. The fourth-order valence-electron chi connectivity index (χ4n) is 2.48. The van der Waals surface area contributed by atoms with Crippen molar-refractivity contribution in [3.05, 3.63) is 29.3 Å². The van der Waals surface area contributed by atoms with E-state index >= 15 is 0 Å². The van der Waals surface area contributed by atoms with E-state index < -0.39 is 10.0 Å². The van der Waals surface area contributed by atoms with Crippen LogP contribution < -0.4 is 10.9 Å². The van der Waals surface area contributed by atoms with Gasteiger partial charge >= 0.3 is 0 Å². The monoisotopic (exact) mass is 333 g/mol. The molecular formula is C13H20ClN3O3S. The van der Waals surface area contributed by atoms with Crippen molar-refractivity contribution >= 4 is 28.3 Å². The topological polar surface area (TPSA) is 106 Å². The van der Waals surface area contributed by atoms with Crippen molar-refractivity contribution in [2.45, 2.75) is 30.7 Å². The van der Waals surface area contributed by atoms with Gasteiger partial charge in [0.05, 0.1) is 4.90 Å². The Kier molecular flexibility index (Phi) is 5.75. The molecule has 1 atom stereocenters. The van der Waals surface area contributed by atoms with Crippen molar-refractivity contribution in [1.82, 2.24) is 4.90 Å². The van der Waals surface area contributed by atoms with E-state index in [4.69, 9.17) is 10.9 Å². The molecule has 2 rings (SSSR count). The summed E-state index contributed by atoms with van der Waals surface area (Å²) in [5, 5.41) is 5.11. The lowest BCUT2D eigenvalue weighted by molar-refractivity contribution is 0.0708. The molecule has 118 valence electrons. The standard InChI is InChI=1S/C13H19N3O3S.ClH/c1-9-7-10(4-5-12(9)20(15,18)19)13(17)16-6-2-3-11(14)8-16;/h4-5,7,11H,2-3,6,8,14H2,1H3,(H2,15,18,19);1H. The van der Waals surface area contributed by atoms with Crippen LogP contribution in [0.25, 0.3) is 0 Å². The van der Waals surface area contributed by atoms with E-state index in [1.54, 1.807) is 17.9 Å². The molecular weight excluding hydrogens is 314 g/mol. The number of aryl methyl sites for hydroxylation is 1. The number of nitrogens with zero attached hydrogens (tertiary/aromatic N) is 1. The number of carbonyl (C=O) groups is 1. The highest BCUT2D eigenvalue weighted by Gasteiger charge is 2.23. The molecule has 8 heteroatoms. The Hall–Kier alpha value is -1.15. The average Bonchev–Trinajstić information content (AvgIpc) is 2.36. The first kappa shape index (κ1) is 17.9. The summed E-state index contributed by atoms with van der Waals surface area (Å²) in [6.07, 6.45) is 1.81. The maximum Gasteiger partial charge on any atom is 0.253 e. The lowest BCUT2D eigenvalue weighted by Crippen LogP contribution is -2.45. The van der Waals surface area contributed by atoms with Gasteiger partial charge in [-0.3, -0.25) is 4.79 Å². The van der Waals surface area contributed by atoms with Crippen LogP contribution in [0.1, 0.15) is 28.8 Å². The zero-order valence-electron chi connectivity index (χ0n) is 11.8. The Morgan fingerprint density at radius 1 is 1.38 bits per heavy atom. The van der Waals surface area contributed by atoms with Crippen molar-refractivity contribution in [2.75, 3.05) is 13.1 Å². The molecule has 0 bridgehead atoms. The maximum absolute atomic E-state index is 12.3. The van der Waals surface area contributed by atoms with Crippen LogP contribution in [-0.4, -0.2) is 38.4 Å². The number of carbonyl (C=O) groups excluding carboxylic acids is 1. The van der Waals surface area contributed by atoms with Crippen molar-refractivity contribution in [1.29, 1.82) is 0 Å². The highest BCUT2D eigenvalue weighted by Crippen LogP contribution is 2.18. The second-order valence-corrected chi connectivity index (χ2v) is 6.71. The van der Waals surface area contributed by atoms with Crippen LogP contribution in [0.5, 0.6) is 0 Å². The van der Waals surface area contributed by atoms with Crippen molar-refractivity contribution < 1.29 is 13.2 Å². The summed E-state index contributed by atoms with van der Waals surface area (Å²) in [5.74, 6) is -0.121. The number of nitrogens with two attached hydrogens (primary N) is 2. The van der Waals surface area contributed by atoms with Gasteiger partial charge in [0.25, 0.3) is 5.91 Å². The van der Waals surface area contributed by atoms with Crippen LogP contribution in [0.4, 0.5) is 0 Å². The number of piperidine rings is 1. The number of amides is 1. The fourth-order valence-corrected chi connectivity index (χ4v) is 3.24. The van der Waals surface area contributed by atoms with Crippen LogP contribution >= 0.6 is 12.4 Å². The molecule has 21 heavy (non-hydrogen) atoms. The van der Waals surface area contributed by atoms with Crippen molar-refractivity contribution in [2.24, 2.45) is 10.9 Å². The summed E-state index contributed by atoms with van der Waals surface area (Å²) >= 11 is 0. The number of hydrogen-bond acceptors (Lipinski definition) is 4. The molecule has 1 unspecified atom stereocenters. The molecule has 0 aromatic heterocycles. The van der Waals surface area contributed by atoms with E-state index in [0.29, 0.717) is 24.2 Å². The first-order valence-electron chi connectivity index (χ1n) is 6.47. The molecule has 6 nitrogen and oxygen atoms in total. The van der Waals surface area contributed by atoms with E-state index in [9.17, 15) is 13.2 Å². The van der Waals surface area contributed by atoms with Gasteiger partial charge in [-0.2, -0.15) is 0 Å². The number of likely N-dealkylation sites (tertiary alicyclic amines) is 1. The minimum absolute atomic E-state index is 0. The summed E-state index contributed by atoms with van der Waals surface area (Å²) in [5.41, 5.74) is 6.80. The molecule has 1 aliphatic rings. The fraction of sp³-hybridized carbons (Fsp3) is 0.462. The largest absolute Gasteiger partial charge is 0.337 e. The minimum atomic E-state index is -3.75. The third-order valence-corrected chi connectivity index (χ3v) is 4.54. The number of hydrogen-bond donors (Lipinski definition) is 2. The zero-order chi connectivity index (χ0) is 14.9. The predicted molar refractivity (Wildman–Crippen MR) is 82.9 cm³/mol. The Balaban J connectivity index is 0.00000220. The van der Waals surface area contributed by atoms with Gasteiger partial charge in [0.1, 0.15) is 0 Å². The van der Waals surface area contributed by atoms with E-state index in [2.05, 4.69) is 0 Å². The molecule has 0 saturated carbocycles. The Morgan fingerprint density at radius 3 is 2.57 bits per heavy atom. The third kappa shape index (κ3) is 4.16. The van der Waals surface area contributed by atoms with Gasteiger partial charge in [0, 0.05) is 24.7 Å². The molecule has 1 aromatic carbocycles. The number of sulfonamides is 1. The van der Waals surface area contributed by atoms with E-state index in [0.717, 1.165) is 12.8 Å².